The van der Waals surface area contributed by atoms with Gasteiger partial charge >= 0.3 is 0 Å². The Kier molecular flexibility index (Phi) is 3.85. The van der Waals surface area contributed by atoms with Gasteiger partial charge in [0.15, 0.2) is 0 Å². The van der Waals surface area contributed by atoms with E-state index >= 15 is 0 Å². The number of nitrogen functional groups attached to an aromatic ring is 1. The first-order valence-corrected chi connectivity index (χ1v) is 6.01. The van der Waals surface area contributed by atoms with E-state index in [1.807, 2.05) is 37.3 Å². The van der Waals surface area contributed by atoms with Gasteiger partial charge in [-0.05, 0) is 36.8 Å². The Labute approximate surface area is 107 Å². The van der Waals surface area contributed by atoms with Gasteiger partial charge in [0.05, 0.1) is 6.10 Å². The zero-order valence-corrected chi connectivity index (χ0v) is 10.3. The molecule has 2 aromatic carbocycles. The summed E-state index contributed by atoms with van der Waals surface area (Å²) >= 11 is 0. The number of hydrogen-bond acceptors (Lipinski definition) is 3. The summed E-state index contributed by atoms with van der Waals surface area (Å²) in [7, 11) is 0. The summed E-state index contributed by atoms with van der Waals surface area (Å²) in [6.45, 7) is 1.91. The molecule has 0 aliphatic heterocycles. The van der Waals surface area contributed by atoms with Crippen molar-refractivity contribution in [1.82, 2.24) is 0 Å². The maximum atomic E-state index is 9.87. The minimum absolute atomic E-state index is 0.552. The van der Waals surface area contributed by atoms with Crippen molar-refractivity contribution in [3.63, 3.8) is 0 Å². The Bertz CT molecular complexity index is 511. The Morgan fingerprint density at radius 3 is 2.50 bits per heavy atom. The summed E-state index contributed by atoms with van der Waals surface area (Å²) in [4.78, 5) is 0. The SMILES string of the molecule is CCC(O)c1cc(Oc2ccccc2)ccc1N. The number of anilines is 1. The molecule has 0 bridgehead atoms. The van der Waals surface area contributed by atoms with Crippen LogP contribution in [0.5, 0.6) is 11.5 Å². The number of rotatable bonds is 4. The number of benzene rings is 2. The molecule has 0 aromatic heterocycles. The molecule has 94 valence electrons. The maximum Gasteiger partial charge on any atom is 0.127 e. The van der Waals surface area contributed by atoms with Crippen LogP contribution in [-0.4, -0.2) is 5.11 Å². The third-order valence-corrected chi connectivity index (χ3v) is 2.78. The molecule has 2 aromatic rings. The first-order chi connectivity index (χ1) is 8.70. The third-order valence-electron chi connectivity index (χ3n) is 2.78. The summed E-state index contributed by atoms with van der Waals surface area (Å²) in [5.41, 5.74) is 7.15. The highest BCUT2D eigenvalue weighted by atomic mass is 16.5. The van der Waals surface area contributed by atoms with Crippen molar-refractivity contribution < 1.29 is 9.84 Å². The molecule has 0 fully saturated rings. The predicted octanol–water partition coefficient (Wildman–Crippen LogP) is 3.50. The van der Waals surface area contributed by atoms with E-state index in [1.165, 1.54) is 0 Å². The van der Waals surface area contributed by atoms with Crippen LogP contribution < -0.4 is 10.5 Å². The Morgan fingerprint density at radius 2 is 1.83 bits per heavy atom. The lowest BCUT2D eigenvalue weighted by molar-refractivity contribution is 0.174. The van der Waals surface area contributed by atoms with Gasteiger partial charge in [0, 0.05) is 11.3 Å². The van der Waals surface area contributed by atoms with Gasteiger partial charge in [0.2, 0.25) is 0 Å². The van der Waals surface area contributed by atoms with Gasteiger partial charge in [-0.15, -0.1) is 0 Å². The zero-order chi connectivity index (χ0) is 13.0. The molecule has 1 unspecified atom stereocenters. The van der Waals surface area contributed by atoms with Crippen LogP contribution in [-0.2, 0) is 0 Å². The average molecular weight is 243 g/mol. The van der Waals surface area contributed by atoms with Crippen LogP contribution in [0.25, 0.3) is 0 Å². The van der Waals surface area contributed by atoms with Crippen molar-refractivity contribution in [3.8, 4) is 11.5 Å². The molecule has 1 atom stereocenters. The molecule has 0 spiro atoms. The van der Waals surface area contributed by atoms with Crippen molar-refractivity contribution in [2.75, 3.05) is 5.73 Å². The van der Waals surface area contributed by atoms with Gasteiger partial charge in [-0.1, -0.05) is 25.1 Å². The fraction of sp³-hybridized carbons (Fsp3) is 0.200. The number of ether oxygens (including phenoxy) is 1. The average Bonchev–Trinajstić information content (AvgIpc) is 2.41. The highest BCUT2D eigenvalue weighted by molar-refractivity contribution is 5.52. The number of nitrogens with two attached hydrogens (primary N) is 1. The Morgan fingerprint density at radius 1 is 1.11 bits per heavy atom. The third kappa shape index (κ3) is 2.81. The van der Waals surface area contributed by atoms with Crippen molar-refractivity contribution in [2.24, 2.45) is 0 Å². The molecule has 18 heavy (non-hydrogen) atoms. The van der Waals surface area contributed by atoms with Crippen LogP contribution >= 0.6 is 0 Å². The molecule has 2 rings (SSSR count). The molecule has 0 amide bonds. The van der Waals surface area contributed by atoms with Crippen LogP contribution in [0.15, 0.2) is 48.5 Å². The molecule has 0 saturated carbocycles. The smallest absolute Gasteiger partial charge is 0.127 e. The molecule has 0 saturated heterocycles. The van der Waals surface area contributed by atoms with E-state index in [2.05, 4.69) is 0 Å². The van der Waals surface area contributed by atoms with Crippen LogP contribution in [0.3, 0.4) is 0 Å². The fourth-order valence-electron chi connectivity index (χ4n) is 1.75. The summed E-state index contributed by atoms with van der Waals surface area (Å²) in [6, 6.07) is 14.9. The van der Waals surface area contributed by atoms with Gasteiger partial charge in [0.25, 0.3) is 0 Å². The summed E-state index contributed by atoms with van der Waals surface area (Å²) in [6.07, 6.45) is 0.0724. The maximum absolute atomic E-state index is 9.87. The fourth-order valence-corrected chi connectivity index (χ4v) is 1.75. The monoisotopic (exact) mass is 243 g/mol. The van der Waals surface area contributed by atoms with Gasteiger partial charge in [-0.2, -0.15) is 0 Å². The molecule has 3 heteroatoms. The van der Waals surface area contributed by atoms with Gasteiger partial charge in [-0.3, -0.25) is 0 Å². The lowest BCUT2D eigenvalue weighted by Crippen LogP contribution is -2.01. The second-order valence-corrected chi connectivity index (χ2v) is 4.13. The van der Waals surface area contributed by atoms with E-state index < -0.39 is 6.10 Å². The van der Waals surface area contributed by atoms with Crippen LogP contribution in [0.2, 0.25) is 0 Å². The van der Waals surface area contributed by atoms with Crippen LogP contribution in [0.1, 0.15) is 25.0 Å². The topological polar surface area (TPSA) is 55.5 Å². The van der Waals surface area contributed by atoms with E-state index in [1.54, 1.807) is 18.2 Å². The first-order valence-electron chi connectivity index (χ1n) is 6.01. The minimum Gasteiger partial charge on any atom is -0.457 e. The van der Waals surface area contributed by atoms with Crippen molar-refractivity contribution in [1.29, 1.82) is 0 Å². The summed E-state index contributed by atoms with van der Waals surface area (Å²) < 4.78 is 5.70. The largest absolute Gasteiger partial charge is 0.457 e. The normalized spacial score (nSPS) is 12.1. The lowest BCUT2D eigenvalue weighted by atomic mass is 10.1. The van der Waals surface area contributed by atoms with Crippen LogP contribution in [0.4, 0.5) is 5.69 Å². The minimum atomic E-state index is -0.552. The molecule has 0 aliphatic rings. The van der Waals surface area contributed by atoms with E-state index in [9.17, 15) is 5.11 Å². The van der Waals surface area contributed by atoms with Gasteiger partial charge in [-0.25, -0.2) is 0 Å². The number of aliphatic hydroxyl groups is 1. The summed E-state index contributed by atoms with van der Waals surface area (Å²) in [5, 5.41) is 9.87. The Hall–Kier alpha value is -2.00. The molecule has 3 nitrogen and oxygen atoms in total. The number of hydrogen-bond donors (Lipinski definition) is 2. The Balaban J connectivity index is 2.25. The second kappa shape index (κ2) is 5.56. The standard InChI is InChI=1S/C15H17NO2/c1-2-15(17)13-10-12(8-9-14(13)16)18-11-6-4-3-5-7-11/h3-10,15,17H,2,16H2,1H3. The van der Waals surface area contributed by atoms with E-state index in [0.29, 0.717) is 23.4 Å². The van der Waals surface area contributed by atoms with E-state index in [-0.39, 0.29) is 0 Å². The van der Waals surface area contributed by atoms with Crippen molar-refractivity contribution in [2.45, 2.75) is 19.4 Å². The molecule has 3 N–H and O–H groups in total. The van der Waals surface area contributed by atoms with Crippen molar-refractivity contribution in [3.05, 3.63) is 54.1 Å². The molecule has 0 aliphatic carbocycles. The predicted molar refractivity (Wildman–Crippen MR) is 72.6 cm³/mol. The van der Waals surface area contributed by atoms with Gasteiger partial charge in [0.1, 0.15) is 11.5 Å². The molecular formula is C15H17NO2. The van der Waals surface area contributed by atoms with Crippen molar-refractivity contribution >= 4 is 5.69 Å². The van der Waals surface area contributed by atoms with E-state index in [4.69, 9.17) is 10.5 Å². The number of para-hydroxylation sites is 1. The zero-order valence-electron chi connectivity index (χ0n) is 10.3. The van der Waals surface area contributed by atoms with Gasteiger partial charge < -0.3 is 15.6 Å². The molecule has 0 heterocycles. The first kappa shape index (κ1) is 12.5. The molecular weight excluding hydrogens is 226 g/mol. The van der Waals surface area contributed by atoms with E-state index in [0.717, 1.165) is 5.75 Å². The summed E-state index contributed by atoms with van der Waals surface area (Å²) in [5.74, 6) is 1.44. The van der Waals surface area contributed by atoms with Crippen LogP contribution in [0, 0.1) is 0 Å². The number of aliphatic hydroxyl groups excluding tert-OH is 1. The lowest BCUT2D eigenvalue weighted by Gasteiger charge is -2.13. The quantitative estimate of drug-likeness (QED) is 0.808. The molecule has 0 radical (unpaired) electrons. The second-order valence-electron chi connectivity index (χ2n) is 4.13. The highest BCUT2D eigenvalue weighted by Gasteiger charge is 2.10. The highest BCUT2D eigenvalue weighted by Crippen LogP contribution is 2.29.